The lowest BCUT2D eigenvalue weighted by Crippen LogP contribution is -2.54. The molecule has 0 saturated heterocycles. The van der Waals surface area contributed by atoms with E-state index in [1.54, 1.807) is 0 Å². The van der Waals surface area contributed by atoms with Crippen molar-refractivity contribution in [1.29, 1.82) is 0 Å². The molecule has 3 amide bonds. The summed E-state index contributed by atoms with van der Waals surface area (Å²) in [7, 11) is 0. The third-order valence-corrected chi connectivity index (χ3v) is 4.03. The summed E-state index contributed by atoms with van der Waals surface area (Å²) in [4.78, 5) is 54.4. The maximum Gasteiger partial charge on any atom is 0.326 e. The fourth-order valence-corrected chi connectivity index (χ4v) is 2.42. The summed E-state index contributed by atoms with van der Waals surface area (Å²) in [5, 5.41) is 16.6. The second-order valence-corrected chi connectivity index (χ2v) is 6.59. The summed E-state index contributed by atoms with van der Waals surface area (Å²) in [6.07, 6.45) is 4.35. The quantitative estimate of drug-likeness (QED) is 0.174. The number of aromatic amines is 1. The number of nitrogens with two attached hydrogens (primary N) is 2. The molecule has 1 aromatic rings. The van der Waals surface area contributed by atoms with Crippen LogP contribution in [0.4, 0.5) is 0 Å². The number of H-pyrrole nitrogens is 1. The van der Waals surface area contributed by atoms with E-state index in [1.165, 1.54) is 19.4 Å². The zero-order valence-electron chi connectivity index (χ0n) is 16.3. The van der Waals surface area contributed by atoms with Crippen molar-refractivity contribution in [3.8, 4) is 0 Å². The maximum atomic E-state index is 12.6. The predicted molar refractivity (Wildman–Crippen MR) is 103 cm³/mol. The molecular formula is C17H29N7O5. The topological polar surface area (TPSA) is 205 Å². The lowest BCUT2D eigenvalue weighted by atomic mass is 10.1. The van der Waals surface area contributed by atoms with E-state index < -0.39 is 41.8 Å². The van der Waals surface area contributed by atoms with Crippen molar-refractivity contribution in [3.63, 3.8) is 0 Å². The third kappa shape index (κ3) is 9.17. The Morgan fingerprint density at radius 2 is 1.90 bits per heavy atom. The monoisotopic (exact) mass is 411 g/mol. The van der Waals surface area contributed by atoms with Crippen molar-refractivity contribution in [2.45, 2.75) is 50.7 Å². The molecule has 3 unspecified atom stereocenters. The third-order valence-electron chi connectivity index (χ3n) is 4.03. The predicted octanol–water partition coefficient (Wildman–Crippen LogP) is -2.40. The van der Waals surface area contributed by atoms with E-state index in [4.69, 9.17) is 11.5 Å². The number of nitrogens with zero attached hydrogens (tertiary/aromatic N) is 1. The van der Waals surface area contributed by atoms with Crippen LogP contribution in [0.25, 0.3) is 0 Å². The molecule has 0 saturated carbocycles. The van der Waals surface area contributed by atoms with Crippen LogP contribution in [0.1, 0.15) is 31.9 Å². The molecule has 0 aromatic carbocycles. The van der Waals surface area contributed by atoms with Crippen molar-refractivity contribution >= 4 is 23.7 Å². The summed E-state index contributed by atoms with van der Waals surface area (Å²) >= 11 is 0. The minimum Gasteiger partial charge on any atom is -0.480 e. The highest BCUT2D eigenvalue weighted by Gasteiger charge is 2.27. The molecule has 0 aliphatic carbocycles. The maximum absolute atomic E-state index is 12.6. The van der Waals surface area contributed by atoms with E-state index in [2.05, 4.69) is 25.9 Å². The summed E-state index contributed by atoms with van der Waals surface area (Å²) in [5.41, 5.74) is 11.4. The highest BCUT2D eigenvalue weighted by Crippen LogP contribution is 2.04. The lowest BCUT2D eigenvalue weighted by Gasteiger charge is -2.21. The number of nitrogens with one attached hydrogen (secondary N) is 4. The molecule has 0 aliphatic heterocycles. The van der Waals surface area contributed by atoms with Crippen molar-refractivity contribution in [3.05, 3.63) is 18.2 Å². The summed E-state index contributed by atoms with van der Waals surface area (Å²) in [5.74, 6) is -2.97. The molecule has 0 radical (unpaired) electrons. The molecule has 1 rings (SSSR count). The number of imidazole rings is 1. The van der Waals surface area contributed by atoms with Gasteiger partial charge in [-0.1, -0.05) is 0 Å². The number of unbranched alkanes of at least 4 members (excludes halogenated alkanes) is 1. The average Bonchev–Trinajstić information content (AvgIpc) is 3.17. The molecule has 12 heteroatoms. The van der Waals surface area contributed by atoms with Crippen molar-refractivity contribution in [2.24, 2.45) is 11.5 Å². The number of carboxylic acids is 1. The Morgan fingerprint density at radius 1 is 1.17 bits per heavy atom. The molecule has 0 bridgehead atoms. The Morgan fingerprint density at radius 3 is 2.45 bits per heavy atom. The molecule has 0 spiro atoms. The number of rotatable bonds is 13. The standard InChI is InChI=1S/C17H29N7O5/c1-10(19)15(26)21-8-14(25)23-13(6-11-7-20-9-22-11)16(27)24-12(17(28)29)4-2-3-5-18/h7,9-10,12-13H,2-6,8,18-19H2,1H3,(H,20,22)(H,21,26)(H,23,25)(H,24,27)(H,28,29). The van der Waals surface area contributed by atoms with Crippen LogP contribution in [0.3, 0.4) is 0 Å². The van der Waals surface area contributed by atoms with Gasteiger partial charge in [-0.15, -0.1) is 0 Å². The molecule has 3 atom stereocenters. The molecular weight excluding hydrogens is 382 g/mol. The molecule has 162 valence electrons. The average molecular weight is 411 g/mol. The van der Waals surface area contributed by atoms with Gasteiger partial charge in [0.05, 0.1) is 18.9 Å². The van der Waals surface area contributed by atoms with Crippen LogP contribution in [0.2, 0.25) is 0 Å². The molecule has 9 N–H and O–H groups in total. The summed E-state index contributed by atoms with van der Waals surface area (Å²) < 4.78 is 0. The van der Waals surface area contributed by atoms with Crippen LogP contribution in [-0.4, -0.2) is 70.0 Å². The number of carbonyl (C=O) groups excluding carboxylic acids is 3. The smallest absolute Gasteiger partial charge is 0.326 e. The first-order valence-corrected chi connectivity index (χ1v) is 9.27. The largest absolute Gasteiger partial charge is 0.480 e. The SMILES string of the molecule is CC(N)C(=O)NCC(=O)NC(Cc1cnc[nH]1)C(=O)NC(CCCCN)C(=O)O. The van der Waals surface area contributed by atoms with E-state index in [0.717, 1.165) is 0 Å². The molecule has 1 heterocycles. The Balaban J connectivity index is 2.76. The first-order chi connectivity index (χ1) is 13.7. The number of carbonyl (C=O) groups is 4. The molecule has 1 aromatic heterocycles. The van der Waals surface area contributed by atoms with Crippen LogP contribution in [0.15, 0.2) is 12.5 Å². The second kappa shape index (κ2) is 12.5. The second-order valence-electron chi connectivity index (χ2n) is 6.59. The normalized spacial score (nSPS) is 13.8. The number of aliphatic carboxylic acids is 1. The van der Waals surface area contributed by atoms with Crippen molar-refractivity contribution in [1.82, 2.24) is 25.9 Å². The van der Waals surface area contributed by atoms with Crippen LogP contribution < -0.4 is 27.4 Å². The Labute approximate surface area is 168 Å². The first kappa shape index (κ1) is 24.0. The van der Waals surface area contributed by atoms with E-state index in [-0.39, 0.29) is 19.4 Å². The highest BCUT2D eigenvalue weighted by molar-refractivity contribution is 5.92. The minimum atomic E-state index is -1.17. The van der Waals surface area contributed by atoms with Crippen molar-refractivity contribution < 1.29 is 24.3 Å². The highest BCUT2D eigenvalue weighted by atomic mass is 16.4. The fourth-order valence-electron chi connectivity index (χ4n) is 2.42. The van der Waals surface area contributed by atoms with Gasteiger partial charge < -0.3 is 37.5 Å². The summed E-state index contributed by atoms with van der Waals surface area (Å²) in [6, 6.07) is -2.95. The van der Waals surface area contributed by atoms with Crippen LogP contribution >= 0.6 is 0 Å². The Bertz CT molecular complexity index is 678. The van der Waals surface area contributed by atoms with Gasteiger partial charge in [0.25, 0.3) is 0 Å². The van der Waals surface area contributed by atoms with Gasteiger partial charge in [0.1, 0.15) is 12.1 Å². The number of carboxylic acid groups (broad SMARTS) is 1. The van der Waals surface area contributed by atoms with Gasteiger partial charge in [0.2, 0.25) is 17.7 Å². The van der Waals surface area contributed by atoms with Crippen LogP contribution in [0, 0.1) is 0 Å². The fraction of sp³-hybridized carbons (Fsp3) is 0.588. The van der Waals surface area contributed by atoms with Crippen molar-refractivity contribution in [2.75, 3.05) is 13.1 Å². The van der Waals surface area contributed by atoms with E-state index >= 15 is 0 Å². The zero-order valence-corrected chi connectivity index (χ0v) is 16.3. The van der Waals surface area contributed by atoms with Gasteiger partial charge in [-0.25, -0.2) is 9.78 Å². The van der Waals surface area contributed by atoms with E-state index in [1.807, 2.05) is 0 Å². The van der Waals surface area contributed by atoms with Gasteiger partial charge in [0, 0.05) is 18.3 Å². The number of aromatic nitrogens is 2. The van der Waals surface area contributed by atoms with Gasteiger partial charge >= 0.3 is 5.97 Å². The Kier molecular flexibility index (Phi) is 10.3. The number of hydrogen-bond acceptors (Lipinski definition) is 7. The van der Waals surface area contributed by atoms with Crippen LogP contribution in [-0.2, 0) is 25.6 Å². The first-order valence-electron chi connectivity index (χ1n) is 9.27. The molecule has 12 nitrogen and oxygen atoms in total. The van der Waals surface area contributed by atoms with Gasteiger partial charge in [-0.2, -0.15) is 0 Å². The minimum absolute atomic E-state index is 0.0634. The molecule has 29 heavy (non-hydrogen) atoms. The van der Waals surface area contributed by atoms with Gasteiger partial charge in [-0.3, -0.25) is 14.4 Å². The van der Waals surface area contributed by atoms with Gasteiger partial charge in [0.15, 0.2) is 0 Å². The number of amides is 3. The summed E-state index contributed by atoms with van der Waals surface area (Å²) in [6.45, 7) is 1.52. The molecule has 0 fully saturated rings. The Hall–Kier alpha value is -2.99. The van der Waals surface area contributed by atoms with E-state index in [9.17, 15) is 24.3 Å². The van der Waals surface area contributed by atoms with Gasteiger partial charge in [-0.05, 0) is 32.7 Å². The number of hydrogen-bond donors (Lipinski definition) is 7. The lowest BCUT2D eigenvalue weighted by molar-refractivity contribution is -0.142. The van der Waals surface area contributed by atoms with Crippen LogP contribution in [0.5, 0.6) is 0 Å². The molecule has 0 aliphatic rings. The zero-order chi connectivity index (χ0) is 21.8. The van der Waals surface area contributed by atoms with E-state index in [0.29, 0.717) is 25.1 Å².